The topological polar surface area (TPSA) is 32.3 Å². The predicted molar refractivity (Wildman–Crippen MR) is 61.4 cm³/mol. The zero-order valence-corrected chi connectivity index (χ0v) is 9.32. The standard InChI is InChI=1S/C12H16N2O/c1-4-6-7-11-12(15)13-10(3)9-14(11)8-5-2/h4-9H,1-3H3,(H,13,15)/b6-4+,8-5-,11-7-. The highest BCUT2D eigenvalue weighted by molar-refractivity contribution is 5.95. The van der Waals surface area contributed by atoms with Gasteiger partial charge < -0.3 is 10.2 Å². The molecule has 3 heteroatoms. The number of rotatable bonds is 2. The Morgan fingerprint density at radius 1 is 1.33 bits per heavy atom. The number of amides is 1. The third kappa shape index (κ3) is 2.84. The van der Waals surface area contributed by atoms with Gasteiger partial charge in [0.15, 0.2) is 0 Å². The SMILES string of the molecule is C/C=C\N1C=C(C)NC(=O)/C1=C/C=C/C. The van der Waals surface area contributed by atoms with Crippen LogP contribution in [-0.4, -0.2) is 10.8 Å². The van der Waals surface area contributed by atoms with E-state index in [4.69, 9.17) is 0 Å². The van der Waals surface area contributed by atoms with Gasteiger partial charge in [-0.15, -0.1) is 0 Å². The largest absolute Gasteiger partial charge is 0.323 e. The summed E-state index contributed by atoms with van der Waals surface area (Å²) in [4.78, 5) is 13.5. The summed E-state index contributed by atoms with van der Waals surface area (Å²) >= 11 is 0. The molecular weight excluding hydrogens is 188 g/mol. The highest BCUT2D eigenvalue weighted by atomic mass is 16.2. The van der Waals surface area contributed by atoms with Gasteiger partial charge in [-0.05, 0) is 26.8 Å². The van der Waals surface area contributed by atoms with Crippen molar-refractivity contribution >= 4 is 5.91 Å². The molecule has 0 aromatic heterocycles. The third-order valence-corrected chi connectivity index (χ3v) is 1.91. The first-order valence-corrected chi connectivity index (χ1v) is 4.93. The van der Waals surface area contributed by atoms with E-state index in [9.17, 15) is 4.79 Å². The van der Waals surface area contributed by atoms with Crippen molar-refractivity contribution in [3.8, 4) is 0 Å². The van der Waals surface area contributed by atoms with Gasteiger partial charge in [-0.25, -0.2) is 0 Å². The van der Waals surface area contributed by atoms with Crippen molar-refractivity contribution < 1.29 is 4.79 Å². The van der Waals surface area contributed by atoms with E-state index >= 15 is 0 Å². The second kappa shape index (κ2) is 5.20. The number of allylic oxidation sites excluding steroid dienone is 5. The van der Waals surface area contributed by atoms with Crippen molar-refractivity contribution in [1.82, 2.24) is 10.2 Å². The molecule has 0 aromatic carbocycles. The van der Waals surface area contributed by atoms with Crippen LogP contribution in [0.3, 0.4) is 0 Å². The van der Waals surface area contributed by atoms with Crippen molar-refractivity contribution in [3.05, 3.63) is 48.1 Å². The molecule has 15 heavy (non-hydrogen) atoms. The van der Waals surface area contributed by atoms with Crippen molar-refractivity contribution in [3.63, 3.8) is 0 Å². The smallest absolute Gasteiger partial charge is 0.272 e. The predicted octanol–water partition coefficient (Wildman–Crippen LogP) is 2.27. The number of nitrogens with one attached hydrogen (secondary N) is 1. The van der Waals surface area contributed by atoms with Crippen molar-refractivity contribution in [2.45, 2.75) is 20.8 Å². The minimum absolute atomic E-state index is 0.0776. The molecule has 0 spiro atoms. The first-order chi connectivity index (χ1) is 7.19. The maximum atomic E-state index is 11.7. The Balaban J connectivity index is 3.05. The van der Waals surface area contributed by atoms with Gasteiger partial charge >= 0.3 is 0 Å². The first kappa shape index (κ1) is 11.3. The summed E-state index contributed by atoms with van der Waals surface area (Å²) in [5.41, 5.74) is 1.47. The summed E-state index contributed by atoms with van der Waals surface area (Å²) in [6.45, 7) is 5.70. The van der Waals surface area contributed by atoms with E-state index in [-0.39, 0.29) is 5.91 Å². The lowest BCUT2D eigenvalue weighted by Crippen LogP contribution is -2.34. The second-order valence-corrected chi connectivity index (χ2v) is 3.23. The van der Waals surface area contributed by atoms with Crippen LogP contribution in [0.2, 0.25) is 0 Å². The first-order valence-electron chi connectivity index (χ1n) is 4.93. The fraction of sp³-hybridized carbons (Fsp3) is 0.250. The van der Waals surface area contributed by atoms with E-state index in [0.717, 1.165) is 5.70 Å². The molecule has 1 amide bonds. The summed E-state index contributed by atoms with van der Waals surface area (Å²) in [5.74, 6) is -0.0776. The summed E-state index contributed by atoms with van der Waals surface area (Å²) in [6, 6.07) is 0. The Bertz CT molecular complexity index is 362. The number of carbonyl (C=O) groups excluding carboxylic acids is 1. The molecule has 1 rings (SSSR count). The quantitative estimate of drug-likeness (QED) is 0.700. The molecule has 0 fully saturated rings. The average molecular weight is 204 g/mol. The Kier molecular flexibility index (Phi) is 3.92. The summed E-state index contributed by atoms with van der Waals surface area (Å²) in [7, 11) is 0. The van der Waals surface area contributed by atoms with Gasteiger partial charge in [0, 0.05) is 18.1 Å². The van der Waals surface area contributed by atoms with Gasteiger partial charge in [0.25, 0.3) is 5.91 Å². The normalized spacial score (nSPS) is 20.2. The highest BCUT2D eigenvalue weighted by Gasteiger charge is 2.18. The Morgan fingerprint density at radius 2 is 2.07 bits per heavy atom. The molecule has 0 atom stereocenters. The van der Waals surface area contributed by atoms with E-state index in [2.05, 4.69) is 5.32 Å². The molecule has 0 radical (unpaired) electrons. The lowest BCUT2D eigenvalue weighted by atomic mass is 10.2. The highest BCUT2D eigenvalue weighted by Crippen LogP contribution is 2.14. The fourth-order valence-corrected chi connectivity index (χ4v) is 1.30. The van der Waals surface area contributed by atoms with Crippen LogP contribution < -0.4 is 5.32 Å². The van der Waals surface area contributed by atoms with E-state index < -0.39 is 0 Å². The third-order valence-electron chi connectivity index (χ3n) is 1.91. The Labute approximate surface area is 90.5 Å². The molecule has 80 valence electrons. The van der Waals surface area contributed by atoms with E-state index in [1.54, 1.807) is 6.08 Å². The molecular formula is C12H16N2O. The zero-order chi connectivity index (χ0) is 11.3. The van der Waals surface area contributed by atoms with E-state index in [1.165, 1.54) is 0 Å². The molecule has 0 aromatic rings. The molecule has 1 aliphatic rings. The van der Waals surface area contributed by atoms with Crippen molar-refractivity contribution in [2.24, 2.45) is 0 Å². The van der Waals surface area contributed by atoms with Crippen LogP contribution in [0.1, 0.15) is 20.8 Å². The van der Waals surface area contributed by atoms with Crippen LogP contribution in [-0.2, 0) is 4.79 Å². The minimum Gasteiger partial charge on any atom is -0.323 e. The number of nitrogens with zero attached hydrogens (tertiary/aromatic N) is 1. The number of hydrogen-bond donors (Lipinski definition) is 1. The molecule has 3 nitrogen and oxygen atoms in total. The molecule has 0 saturated heterocycles. The van der Waals surface area contributed by atoms with Crippen LogP contribution in [0.25, 0.3) is 0 Å². The minimum atomic E-state index is -0.0776. The lowest BCUT2D eigenvalue weighted by Gasteiger charge is -2.24. The Hall–Kier alpha value is -1.77. The molecule has 0 saturated carbocycles. The van der Waals surface area contributed by atoms with Gasteiger partial charge in [-0.2, -0.15) is 0 Å². The van der Waals surface area contributed by atoms with Crippen LogP contribution in [0, 0.1) is 0 Å². The summed E-state index contributed by atoms with van der Waals surface area (Å²) in [5, 5.41) is 2.77. The number of carbonyl (C=O) groups is 1. The maximum Gasteiger partial charge on any atom is 0.272 e. The average Bonchev–Trinajstić information content (AvgIpc) is 2.17. The zero-order valence-electron chi connectivity index (χ0n) is 9.32. The van der Waals surface area contributed by atoms with Gasteiger partial charge in [0.1, 0.15) is 5.70 Å². The fourth-order valence-electron chi connectivity index (χ4n) is 1.30. The molecule has 1 aliphatic heterocycles. The number of hydrogen-bond acceptors (Lipinski definition) is 2. The second-order valence-electron chi connectivity index (χ2n) is 3.23. The van der Waals surface area contributed by atoms with Crippen LogP contribution in [0.15, 0.2) is 48.1 Å². The molecule has 1 N–H and O–H groups in total. The van der Waals surface area contributed by atoms with E-state index in [1.807, 2.05) is 56.3 Å². The molecule has 0 unspecified atom stereocenters. The van der Waals surface area contributed by atoms with Crippen LogP contribution in [0.4, 0.5) is 0 Å². The van der Waals surface area contributed by atoms with Crippen LogP contribution >= 0.6 is 0 Å². The van der Waals surface area contributed by atoms with E-state index in [0.29, 0.717) is 5.70 Å². The maximum absolute atomic E-state index is 11.7. The molecule has 1 heterocycles. The summed E-state index contributed by atoms with van der Waals surface area (Å²) in [6.07, 6.45) is 11.2. The van der Waals surface area contributed by atoms with Crippen molar-refractivity contribution in [2.75, 3.05) is 0 Å². The lowest BCUT2D eigenvalue weighted by molar-refractivity contribution is -0.118. The van der Waals surface area contributed by atoms with Gasteiger partial charge in [-0.3, -0.25) is 4.79 Å². The van der Waals surface area contributed by atoms with Gasteiger partial charge in [0.05, 0.1) is 0 Å². The van der Waals surface area contributed by atoms with Crippen LogP contribution in [0.5, 0.6) is 0 Å². The van der Waals surface area contributed by atoms with Gasteiger partial charge in [0.2, 0.25) is 0 Å². The van der Waals surface area contributed by atoms with Gasteiger partial charge in [-0.1, -0.05) is 18.2 Å². The molecule has 0 aliphatic carbocycles. The molecule has 0 bridgehead atoms. The Morgan fingerprint density at radius 3 is 2.67 bits per heavy atom. The van der Waals surface area contributed by atoms with Crippen molar-refractivity contribution in [1.29, 1.82) is 0 Å². The summed E-state index contributed by atoms with van der Waals surface area (Å²) < 4.78 is 0. The monoisotopic (exact) mass is 204 g/mol.